The van der Waals surface area contributed by atoms with E-state index in [1.54, 1.807) is 0 Å². The summed E-state index contributed by atoms with van der Waals surface area (Å²) < 4.78 is 0. The Morgan fingerprint density at radius 2 is 1.86 bits per heavy atom. The Balaban J connectivity index is 1.83. The van der Waals surface area contributed by atoms with Gasteiger partial charge in [-0.25, -0.2) is 0 Å². The predicted molar refractivity (Wildman–Crippen MR) is 86.7 cm³/mol. The second kappa shape index (κ2) is 8.83. The van der Waals surface area contributed by atoms with Gasteiger partial charge in [-0.15, -0.1) is 0 Å². The van der Waals surface area contributed by atoms with Crippen LogP contribution in [0, 0.1) is 5.92 Å². The third kappa shape index (κ3) is 5.50. The molecule has 1 aliphatic carbocycles. The summed E-state index contributed by atoms with van der Waals surface area (Å²) in [6.45, 7) is 1.86. The number of amides is 1. The maximum Gasteiger partial charge on any atom is 0.222 e. The molecule has 0 radical (unpaired) electrons. The Bertz CT molecular complexity index is 412. The summed E-state index contributed by atoms with van der Waals surface area (Å²) >= 11 is 0. The van der Waals surface area contributed by atoms with Crippen LogP contribution in [0.25, 0.3) is 0 Å². The van der Waals surface area contributed by atoms with Crippen LogP contribution in [0.3, 0.4) is 0 Å². The van der Waals surface area contributed by atoms with E-state index in [-0.39, 0.29) is 5.91 Å². The maximum atomic E-state index is 12.5. The van der Waals surface area contributed by atoms with E-state index in [9.17, 15) is 4.79 Å². The van der Waals surface area contributed by atoms with Crippen molar-refractivity contribution < 1.29 is 4.79 Å². The topological polar surface area (TPSA) is 46.3 Å². The van der Waals surface area contributed by atoms with Gasteiger partial charge in [-0.05, 0) is 17.9 Å². The summed E-state index contributed by atoms with van der Waals surface area (Å²) in [5.74, 6) is 1.02. The van der Waals surface area contributed by atoms with Gasteiger partial charge in [0.05, 0.1) is 0 Å². The van der Waals surface area contributed by atoms with Gasteiger partial charge < -0.3 is 10.6 Å². The number of hydrogen-bond donors (Lipinski definition) is 1. The van der Waals surface area contributed by atoms with E-state index in [1.165, 1.54) is 37.7 Å². The molecule has 116 valence electrons. The van der Waals surface area contributed by atoms with Crippen LogP contribution in [0.5, 0.6) is 0 Å². The molecule has 1 aliphatic rings. The third-order valence-electron chi connectivity index (χ3n) is 4.46. The van der Waals surface area contributed by atoms with Crippen molar-refractivity contribution in [1.82, 2.24) is 4.90 Å². The number of carbonyl (C=O) groups is 1. The highest BCUT2D eigenvalue weighted by Crippen LogP contribution is 2.27. The molecule has 3 heteroatoms. The Labute approximate surface area is 128 Å². The molecule has 0 spiro atoms. The van der Waals surface area contributed by atoms with Crippen LogP contribution in [0.1, 0.15) is 50.5 Å². The Morgan fingerprint density at radius 3 is 2.52 bits per heavy atom. The van der Waals surface area contributed by atoms with Crippen LogP contribution >= 0.6 is 0 Å². The molecule has 0 aromatic heterocycles. The predicted octanol–water partition coefficient (Wildman–Crippen LogP) is 3.33. The zero-order valence-electron chi connectivity index (χ0n) is 13.0. The van der Waals surface area contributed by atoms with E-state index in [0.29, 0.717) is 26.1 Å². The second-order valence-corrected chi connectivity index (χ2v) is 6.13. The van der Waals surface area contributed by atoms with Gasteiger partial charge in [-0.1, -0.05) is 62.4 Å². The van der Waals surface area contributed by atoms with Crippen molar-refractivity contribution in [2.45, 2.75) is 51.5 Å². The lowest BCUT2D eigenvalue weighted by molar-refractivity contribution is -0.132. The SMILES string of the molecule is NCCN(Cc1ccccc1)C(=O)CCC1CCCCC1. The number of rotatable bonds is 7. The molecule has 0 saturated heterocycles. The van der Waals surface area contributed by atoms with Gasteiger partial charge in [0.25, 0.3) is 0 Å². The molecule has 2 N–H and O–H groups in total. The number of benzene rings is 1. The quantitative estimate of drug-likeness (QED) is 0.836. The zero-order valence-corrected chi connectivity index (χ0v) is 13.0. The van der Waals surface area contributed by atoms with E-state index in [2.05, 4.69) is 12.1 Å². The highest BCUT2D eigenvalue weighted by Gasteiger charge is 2.18. The fourth-order valence-corrected chi connectivity index (χ4v) is 3.21. The lowest BCUT2D eigenvalue weighted by Crippen LogP contribution is -2.35. The molecule has 1 amide bonds. The monoisotopic (exact) mass is 288 g/mol. The largest absolute Gasteiger partial charge is 0.337 e. The van der Waals surface area contributed by atoms with E-state index < -0.39 is 0 Å². The highest BCUT2D eigenvalue weighted by molar-refractivity contribution is 5.76. The molecule has 1 saturated carbocycles. The first kappa shape index (κ1) is 16.0. The van der Waals surface area contributed by atoms with E-state index in [0.717, 1.165) is 12.3 Å². The van der Waals surface area contributed by atoms with Crippen LogP contribution < -0.4 is 5.73 Å². The van der Waals surface area contributed by atoms with Crippen molar-refractivity contribution in [1.29, 1.82) is 0 Å². The first-order valence-corrected chi connectivity index (χ1v) is 8.31. The van der Waals surface area contributed by atoms with E-state index >= 15 is 0 Å². The average Bonchev–Trinajstić information content (AvgIpc) is 2.54. The minimum Gasteiger partial charge on any atom is -0.337 e. The van der Waals surface area contributed by atoms with Crippen molar-refractivity contribution in [3.63, 3.8) is 0 Å². The zero-order chi connectivity index (χ0) is 14.9. The van der Waals surface area contributed by atoms with Crippen molar-refractivity contribution in [3.05, 3.63) is 35.9 Å². The van der Waals surface area contributed by atoms with Gasteiger partial charge >= 0.3 is 0 Å². The molecule has 0 heterocycles. The van der Waals surface area contributed by atoms with Crippen LogP contribution in [-0.4, -0.2) is 23.9 Å². The van der Waals surface area contributed by atoms with Crippen molar-refractivity contribution >= 4 is 5.91 Å². The minimum atomic E-state index is 0.259. The maximum absolute atomic E-state index is 12.5. The average molecular weight is 288 g/mol. The molecule has 0 bridgehead atoms. The molecule has 2 rings (SSSR count). The second-order valence-electron chi connectivity index (χ2n) is 6.13. The highest BCUT2D eigenvalue weighted by atomic mass is 16.2. The number of nitrogens with zero attached hydrogens (tertiary/aromatic N) is 1. The Hall–Kier alpha value is -1.35. The number of nitrogens with two attached hydrogens (primary N) is 1. The normalized spacial score (nSPS) is 15.9. The van der Waals surface area contributed by atoms with E-state index in [4.69, 9.17) is 5.73 Å². The van der Waals surface area contributed by atoms with Crippen molar-refractivity contribution in [3.8, 4) is 0 Å². The molecular formula is C18H28N2O. The minimum absolute atomic E-state index is 0.259. The summed E-state index contributed by atoms with van der Waals surface area (Å²) in [7, 11) is 0. The summed E-state index contributed by atoms with van der Waals surface area (Å²) in [6, 6.07) is 10.2. The van der Waals surface area contributed by atoms with Gasteiger partial charge in [0.2, 0.25) is 5.91 Å². The molecule has 1 fully saturated rings. The van der Waals surface area contributed by atoms with Gasteiger partial charge in [0.1, 0.15) is 0 Å². The van der Waals surface area contributed by atoms with Crippen molar-refractivity contribution in [2.24, 2.45) is 11.7 Å². The molecular weight excluding hydrogens is 260 g/mol. The van der Waals surface area contributed by atoms with Gasteiger partial charge in [-0.3, -0.25) is 4.79 Å². The first-order chi connectivity index (χ1) is 10.3. The number of hydrogen-bond acceptors (Lipinski definition) is 2. The lowest BCUT2D eigenvalue weighted by atomic mass is 9.86. The molecule has 0 unspecified atom stereocenters. The molecule has 3 nitrogen and oxygen atoms in total. The molecule has 1 aromatic carbocycles. The summed E-state index contributed by atoms with van der Waals surface area (Å²) in [4.78, 5) is 14.4. The lowest BCUT2D eigenvalue weighted by Gasteiger charge is -2.25. The molecule has 0 aliphatic heterocycles. The molecule has 21 heavy (non-hydrogen) atoms. The van der Waals surface area contributed by atoms with Crippen molar-refractivity contribution in [2.75, 3.05) is 13.1 Å². The van der Waals surface area contributed by atoms with Gasteiger partial charge in [0, 0.05) is 26.1 Å². The Kier molecular flexibility index (Phi) is 6.74. The number of carbonyl (C=O) groups excluding carboxylic acids is 1. The van der Waals surface area contributed by atoms with Crippen LogP contribution in [-0.2, 0) is 11.3 Å². The fraction of sp³-hybridized carbons (Fsp3) is 0.611. The third-order valence-corrected chi connectivity index (χ3v) is 4.46. The van der Waals surface area contributed by atoms with Crippen LogP contribution in [0.4, 0.5) is 0 Å². The van der Waals surface area contributed by atoms with Gasteiger partial charge in [0.15, 0.2) is 0 Å². The van der Waals surface area contributed by atoms with Crippen LogP contribution in [0.2, 0.25) is 0 Å². The van der Waals surface area contributed by atoms with E-state index in [1.807, 2.05) is 23.1 Å². The summed E-state index contributed by atoms with van der Waals surface area (Å²) in [5.41, 5.74) is 6.84. The summed E-state index contributed by atoms with van der Waals surface area (Å²) in [6.07, 6.45) is 8.40. The standard InChI is InChI=1S/C18H28N2O/c19-13-14-20(15-17-9-5-2-6-10-17)18(21)12-11-16-7-3-1-4-8-16/h2,5-6,9-10,16H,1,3-4,7-8,11-15,19H2. The Morgan fingerprint density at radius 1 is 1.14 bits per heavy atom. The molecule has 1 aromatic rings. The van der Waals surface area contributed by atoms with Crippen LogP contribution in [0.15, 0.2) is 30.3 Å². The van der Waals surface area contributed by atoms with Gasteiger partial charge in [-0.2, -0.15) is 0 Å². The fourth-order valence-electron chi connectivity index (χ4n) is 3.21. The first-order valence-electron chi connectivity index (χ1n) is 8.31. The molecule has 0 atom stereocenters. The smallest absolute Gasteiger partial charge is 0.222 e. The summed E-state index contributed by atoms with van der Waals surface area (Å²) in [5, 5.41) is 0.